The van der Waals surface area contributed by atoms with Gasteiger partial charge in [0.25, 0.3) is 5.91 Å². The van der Waals surface area contributed by atoms with Crippen molar-refractivity contribution >= 4 is 55.7 Å². The Balaban J connectivity index is 0.000000162. The average molecular weight is 835 g/mol. The topological polar surface area (TPSA) is 145 Å². The van der Waals surface area contributed by atoms with Gasteiger partial charge in [0, 0.05) is 60.6 Å². The first-order valence-electron chi connectivity index (χ1n) is 20.6. The summed E-state index contributed by atoms with van der Waals surface area (Å²) in [6, 6.07) is 40.7. The fraction of sp³-hybridized carbons (Fsp3) is 0.163. The lowest BCUT2D eigenvalue weighted by Gasteiger charge is -2.13. The molecular weight excluding hydrogens is 792 g/mol. The maximum atomic E-state index is 14.7. The van der Waals surface area contributed by atoms with Crippen LogP contribution in [0, 0.1) is 11.7 Å². The molecule has 0 fully saturated rings. The summed E-state index contributed by atoms with van der Waals surface area (Å²) >= 11 is 0. The van der Waals surface area contributed by atoms with Gasteiger partial charge in [-0.2, -0.15) is 0 Å². The largest absolute Gasteiger partial charge is 0.378 e. The second-order valence-electron chi connectivity index (χ2n) is 15.9. The molecule has 14 heteroatoms. The number of rotatable bonds is 10. The smallest absolute Gasteiger partial charge is 0.254 e. The van der Waals surface area contributed by atoms with E-state index in [4.69, 9.17) is 9.97 Å². The number of pyridine rings is 4. The number of hydrogen-bond donors (Lipinski definition) is 1. The molecule has 0 radical (unpaired) electrons. The number of amides is 1. The van der Waals surface area contributed by atoms with E-state index in [0.717, 1.165) is 61.0 Å². The summed E-state index contributed by atoms with van der Waals surface area (Å²) in [5.41, 5.74) is 11.2. The molecule has 4 aromatic carbocycles. The Morgan fingerprint density at radius 1 is 0.635 bits per heavy atom. The fourth-order valence-corrected chi connectivity index (χ4v) is 7.23. The molecule has 13 nitrogen and oxygen atoms in total. The quantitative estimate of drug-likeness (QED) is 0.142. The van der Waals surface area contributed by atoms with Crippen molar-refractivity contribution in [2.75, 3.05) is 25.5 Å². The minimum absolute atomic E-state index is 0.0166. The summed E-state index contributed by atoms with van der Waals surface area (Å²) in [7, 11) is 4.07. The maximum absolute atomic E-state index is 14.7. The number of carbonyl (C=O) groups is 1. The molecule has 0 aliphatic rings. The van der Waals surface area contributed by atoms with Crippen molar-refractivity contribution in [3.05, 3.63) is 162 Å². The van der Waals surface area contributed by atoms with Gasteiger partial charge in [-0.1, -0.05) is 66.7 Å². The van der Waals surface area contributed by atoms with Crippen LogP contribution < -0.4 is 10.2 Å². The second kappa shape index (κ2) is 17.5. The van der Waals surface area contributed by atoms with E-state index in [2.05, 4.69) is 89.3 Å². The van der Waals surface area contributed by atoms with Crippen molar-refractivity contribution in [3.63, 3.8) is 0 Å². The number of fused-ring (bicyclic) bond motifs is 4. The van der Waals surface area contributed by atoms with Crippen molar-refractivity contribution in [1.82, 2.24) is 55.2 Å². The van der Waals surface area contributed by atoms with Crippen molar-refractivity contribution in [1.29, 1.82) is 0 Å². The molecule has 0 saturated carbocycles. The summed E-state index contributed by atoms with van der Waals surface area (Å²) in [5.74, 6) is -0.724. The molecule has 1 N–H and O–H groups in total. The van der Waals surface area contributed by atoms with Crippen molar-refractivity contribution in [2.24, 2.45) is 5.92 Å². The van der Waals surface area contributed by atoms with Crippen LogP contribution in [0.25, 0.3) is 66.6 Å². The molecule has 63 heavy (non-hydrogen) atoms. The van der Waals surface area contributed by atoms with Crippen LogP contribution in [0.3, 0.4) is 0 Å². The zero-order chi connectivity index (χ0) is 43.5. The highest BCUT2D eigenvalue weighted by Gasteiger charge is 2.16. The summed E-state index contributed by atoms with van der Waals surface area (Å²) in [6.45, 7) is 5.55. The summed E-state index contributed by atoms with van der Waals surface area (Å²) in [4.78, 5) is 32.7. The standard InChI is InChI=1S/C26H23FN6O.C23H20N6/c1-16(2)14-29-26(34)20-7-6-19(13-21(20)27)23-9-10-24-25(30-23)33(32-31-24)15-17-5-8-22-18(12-17)4-3-11-28-22;1-28(2)19-7-3-5-18(14-19)21-10-11-22-23(25-21)29(27-26-22)15-16-8-9-20-17(13-16)6-4-12-24-20/h3-13,16H,14-15H2,1-2H3,(H,29,34);3-14H,15H2,1-2H3. The number of nitrogens with zero attached hydrogens (tertiary/aromatic N) is 11. The molecule has 0 aliphatic heterocycles. The molecular formula is C49H43FN12O. The van der Waals surface area contributed by atoms with E-state index in [9.17, 15) is 9.18 Å². The van der Waals surface area contributed by atoms with E-state index in [1.165, 1.54) is 12.1 Å². The van der Waals surface area contributed by atoms with Crippen LogP contribution in [0.15, 0.2) is 140 Å². The van der Waals surface area contributed by atoms with E-state index in [-0.39, 0.29) is 11.5 Å². The van der Waals surface area contributed by atoms with Gasteiger partial charge in [0.05, 0.1) is 41.1 Å². The summed E-state index contributed by atoms with van der Waals surface area (Å²) in [6.07, 6.45) is 3.58. The van der Waals surface area contributed by atoms with E-state index in [0.29, 0.717) is 42.1 Å². The van der Waals surface area contributed by atoms with E-state index in [1.54, 1.807) is 23.0 Å². The van der Waals surface area contributed by atoms with Crippen LogP contribution in [0.4, 0.5) is 10.1 Å². The third-order valence-corrected chi connectivity index (χ3v) is 10.6. The first-order valence-corrected chi connectivity index (χ1v) is 20.6. The van der Waals surface area contributed by atoms with Gasteiger partial charge in [-0.05, 0) is 102 Å². The lowest BCUT2D eigenvalue weighted by Crippen LogP contribution is -2.28. The number of halogens is 1. The first kappa shape index (κ1) is 40.4. The highest BCUT2D eigenvalue weighted by atomic mass is 19.1. The van der Waals surface area contributed by atoms with Gasteiger partial charge in [0.2, 0.25) is 0 Å². The monoisotopic (exact) mass is 834 g/mol. The van der Waals surface area contributed by atoms with E-state index < -0.39 is 11.7 Å². The highest BCUT2D eigenvalue weighted by Crippen LogP contribution is 2.26. The minimum atomic E-state index is -0.586. The third kappa shape index (κ3) is 8.91. The second-order valence-corrected chi connectivity index (χ2v) is 15.9. The number of anilines is 1. The Morgan fingerprint density at radius 3 is 1.73 bits per heavy atom. The van der Waals surface area contributed by atoms with E-state index >= 15 is 0 Å². The van der Waals surface area contributed by atoms with E-state index in [1.807, 2.05) is 93.4 Å². The molecule has 312 valence electrons. The van der Waals surface area contributed by atoms with Crippen LogP contribution in [0.5, 0.6) is 0 Å². The zero-order valence-corrected chi connectivity index (χ0v) is 35.2. The number of aromatic nitrogens is 10. The normalized spacial score (nSPS) is 11.3. The van der Waals surface area contributed by atoms with Gasteiger partial charge in [-0.15, -0.1) is 10.2 Å². The van der Waals surface area contributed by atoms with Crippen LogP contribution in [-0.2, 0) is 13.1 Å². The van der Waals surface area contributed by atoms with Crippen LogP contribution >= 0.6 is 0 Å². The van der Waals surface area contributed by atoms with Gasteiger partial charge in [-0.3, -0.25) is 14.8 Å². The molecule has 0 atom stereocenters. The van der Waals surface area contributed by atoms with Gasteiger partial charge in [0.1, 0.15) is 16.9 Å². The van der Waals surface area contributed by atoms with Crippen LogP contribution in [0.2, 0.25) is 0 Å². The molecule has 6 aromatic heterocycles. The van der Waals surface area contributed by atoms with Gasteiger partial charge in [-0.25, -0.2) is 23.7 Å². The Hall–Kier alpha value is -8.00. The minimum Gasteiger partial charge on any atom is -0.378 e. The van der Waals surface area contributed by atoms with Crippen molar-refractivity contribution in [3.8, 4) is 22.5 Å². The predicted octanol–water partition coefficient (Wildman–Crippen LogP) is 8.77. The fourth-order valence-electron chi connectivity index (χ4n) is 7.23. The lowest BCUT2D eigenvalue weighted by molar-refractivity contribution is 0.0945. The summed E-state index contributed by atoms with van der Waals surface area (Å²) in [5, 5.41) is 22.0. The number of nitrogens with one attached hydrogen (secondary N) is 1. The lowest BCUT2D eigenvalue weighted by atomic mass is 10.1. The van der Waals surface area contributed by atoms with Crippen LogP contribution in [-0.4, -0.2) is 76.5 Å². The Labute approximate surface area is 362 Å². The Bertz CT molecular complexity index is 3270. The number of hydrogen-bond acceptors (Lipinski definition) is 10. The molecule has 1 amide bonds. The average Bonchev–Trinajstić information content (AvgIpc) is 3.90. The summed E-state index contributed by atoms with van der Waals surface area (Å²) < 4.78 is 18.3. The predicted molar refractivity (Wildman–Crippen MR) is 245 cm³/mol. The molecule has 10 aromatic rings. The molecule has 0 saturated heterocycles. The molecule has 0 unspecified atom stereocenters. The maximum Gasteiger partial charge on any atom is 0.254 e. The Kier molecular flexibility index (Phi) is 11.2. The van der Waals surface area contributed by atoms with Gasteiger partial charge < -0.3 is 10.2 Å². The van der Waals surface area contributed by atoms with Gasteiger partial charge >= 0.3 is 0 Å². The highest BCUT2D eigenvalue weighted by molar-refractivity contribution is 5.95. The van der Waals surface area contributed by atoms with Crippen LogP contribution in [0.1, 0.15) is 35.3 Å². The molecule has 10 rings (SSSR count). The zero-order valence-electron chi connectivity index (χ0n) is 35.2. The molecule has 0 bridgehead atoms. The van der Waals surface area contributed by atoms with Crippen molar-refractivity contribution < 1.29 is 9.18 Å². The molecule has 6 heterocycles. The van der Waals surface area contributed by atoms with Crippen molar-refractivity contribution in [2.45, 2.75) is 26.9 Å². The molecule has 0 aliphatic carbocycles. The molecule has 0 spiro atoms. The van der Waals surface area contributed by atoms with Gasteiger partial charge in [0.15, 0.2) is 11.3 Å². The first-order chi connectivity index (χ1) is 30.6. The third-order valence-electron chi connectivity index (χ3n) is 10.6. The Morgan fingerprint density at radius 2 is 1.19 bits per heavy atom. The SMILES string of the molecule is CC(C)CNC(=O)c1ccc(-c2ccc3nnn(Cc4ccc5ncccc5c4)c3n2)cc1F.CN(C)c1cccc(-c2ccc3nnn(Cc4ccc5ncccc5c4)c3n2)c1. The number of benzene rings is 4. The number of carbonyl (C=O) groups excluding carboxylic acids is 1.